The molecular weight excluding hydrogens is 232 g/mol. The largest absolute Gasteiger partial charge is 0.466 e. The molecule has 92 valence electrons. The molecule has 0 aliphatic carbocycles. The van der Waals surface area contributed by atoms with Crippen molar-refractivity contribution in [3.8, 4) is 6.07 Å². The van der Waals surface area contributed by atoms with Crippen LogP contribution in [0.5, 0.6) is 0 Å². The summed E-state index contributed by atoms with van der Waals surface area (Å²) >= 11 is 0. The molecular formula is C13H12N2O3. The van der Waals surface area contributed by atoms with Crippen molar-refractivity contribution in [3.05, 3.63) is 47.2 Å². The summed E-state index contributed by atoms with van der Waals surface area (Å²) in [7, 11) is 1.26. The molecule has 18 heavy (non-hydrogen) atoms. The summed E-state index contributed by atoms with van der Waals surface area (Å²) in [5, 5.41) is 11.2. The van der Waals surface area contributed by atoms with Crippen molar-refractivity contribution >= 4 is 11.9 Å². The summed E-state index contributed by atoms with van der Waals surface area (Å²) < 4.78 is 4.44. The molecule has 0 saturated heterocycles. The van der Waals surface area contributed by atoms with Crippen LogP contribution in [0.3, 0.4) is 0 Å². The Bertz CT molecular complexity index is 524. The van der Waals surface area contributed by atoms with Crippen LogP contribution in [0.25, 0.3) is 0 Å². The zero-order valence-electron chi connectivity index (χ0n) is 10.1. The second-order valence-corrected chi connectivity index (χ2v) is 3.49. The molecule has 1 aromatic rings. The summed E-state index contributed by atoms with van der Waals surface area (Å²) in [6, 6.07) is 8.15. The lowest BCUT2D eigenvalue weighted by Gasteiger charge is -2.04. The summed E-state index contributed by atoms with van der Waals surface area (Å²) in [6.45, 7) is 1.58. The predicted octanol–water partition coefficient (Wildman–Crippen LogP) is 1.36. The molecule has 0 saturated carbocycles. The van der Waals surface area contributed by atoms with E-state index in [1.807, 2.05) is 6.07 Å². The smallest absolute Gasteiger partial charge is 0.332 e. The van der Waals surface area contributed by atoms with Crippen LogP contribution in [-0.2, 0) is 9.53 Å². The van der Waals surface area contributed by atoms with E-state index < -0.39 is 5.97 Å². The number of hydrogen-bond acceptors (Lipinski definition) is 4. The Morgan fingerprint density at radius 3 is 2.44 bits per heavy atom. The van der Waals surface area contributed by atoms with Gasteiger partial charge in [0.25, 0.3) is 5.91 Å². The van der Waals surface area contributed by atoms with E-state index in [1.54, 1.807) is 31.2 Å². The van der Waals surface area contributed by atoms with Gasteiger partial charge in [-0.05, 0) is 31.2 Å². The lowest BCUT2D eigenvalue weighted by Crippen LogP contribution is -2.22. The zero-order valence-corrected chi connectivity index (χ0v) is 10.1. The molecule has 0 aliphatic heterocycles. The molecule has 5 heteroatoms. The number of esters is 1. The van der Waals surface area contributed by atoms with E-state index in [0.717, 1.165) is 0 Å². The minimum absolute atomic E-state index is 0.350. The van der Waals surface area contributed by atoms with Crippen LogP contribution in [0, 0.1) is 11.3 Å². The number of benzene rings is 1. The molecule has 1 N–H and O–H groups in total. The van der Waals surface area contributed by atoms with Crippen molar-refractivity contribution < 1.29 is 14.3 Å². The Kier molecular flexibility index (Phi) is 4.64. The van der Waals surface area contributed by atoms with E-state index in [4.69, 9.17) is 5.26 Å². The first-order valence-electron chi connectivity index (χ1n) is 5.14. The average Bonchev–Trinajstić information content (AvgIpc) is 2.38. The van der Waals surface area contributed by atoms with Crippen molar-refractivity contribution in [3.63, 3.8) is 0 Å². The molecule has 0 bridgehead atoms. The number of nitrogens with zero attached hydrogens (tertiary/aromatic N) is 1. The van der Waals surface area contributed by atoms with Crippen LogP contribution in [0.2, 0.25) is 0 Å². The lowest BCUT2D eigenvalue weighted by molar-refractivity contribution is -0.134. The first kappa shape index (κ1) is 13.5. The molecule has 1 amide bonds. The number of nitriles is 1. The fraction of sp³-hybridized carbons (Fsp3) is 0.154. The second-order valence-electron chi connectivity index (χ2n) is 3.49. The predicted molar refractivity (Wildman–Crippen MR) is 64.4 cm³/mol. The zero-order chi connectivity index (χ0) is 13.5. The third-order valence-corrected chi connectivity index (χ3v) is 2.12. The van der Waals surface area contributed by atoms with Crippen LogP contribution >= 0.6 is 0 Å². The normalized spacial score (nSPS) is 10.4. The summed E-state index contributed by atoms with van der Waals surface area (Å²) in [5.41, 5.74) is 1.27. The van der Waals surface area contributed by atoms with Gasteiger partial charge >= 0.3 is 5.97 Å². The van der Waals surface area contributed by atoms with E-state index in [-0.39, 0.29) is 5.91 Å². The van der Waals surface area contributed by atoms with Gasteiger partial charge < -0.3 is 10.1 Å². The van der Waals surface area contributed by atoms with Gasteiger partial charge in [0.1, 0.15) is 0 Å². The molecule has 0 radical (unpaired) electrons. The lowest BCUT2D eigenvalue weighted by atomic mass is 10.1. The minimum Gasteiger partial charge on any atom is -0.466 e. The molecule has 0 fully saturated rings. The molecule has 1 rings (SSSR count). The Hall–Kier alpha value is -2.61. The number of rotatable bonds is 3. The van der Waals surface area contributed by atoms with Gasteiger partial charge in [-0.2, -0.15) is 5.26 Å². The molecule has 0 unspecified atom stereocenters. The maximum atomic E-state index is 11.7. The van der Waals surface area contributed by atoms with E-state index >= 15 is 0 Å². The van der Waals surface area contributed by atoms with Gasteiger partial charge in [-0.3, -0.25) is 4.79 Å². The summed E-state index contributed by atoms with van der Waals surface area (Å²) in [6.07, 6.45) is 1.18. The van der Waals surface area contributed by atoms with Crippen molar-refractivity contribution in [2.75, 3.05) is 7.11 Å². The van der Waals surface area contributed by atoms with Crippen LogP contribution in [-0.4, -0.2) is 19.0 Å². The monoisotopic (exact) mass is 244 g/mol. The van der Waals surface area contributed by atoms with Crippen LogP contribution in [0.15, 0.2) is 36.0 Å². The standard InChI is InChI=1S/C13H12N2O3/c1-9(7-12(16)18-2)15-13(17)11-5-3-10(8-14)4-6-11/h3-7H,1-2H3,(H,15,17)/b9-7-. The van der Waals surface area contributed by atoms with Crippen molar-refractivity contribution in [1.29, 1.82) is 5.26 Å². The summed E-state index contributed by atoms with van der Waals surface area (Å²) in [4.78, 5) is 22.7. The fourth-order valence-electron chi connectivity index (χ4n) is 1.22. The summed E-state index contributed by atoms with van der Waals surface area (Å²) in [5.74, 6) is -0.884. The quantitative estimate of drug-likeness (QED) is 0.643. The highest BCUT2D eigenvalue weighted by atomic mass is 16.5. The highest BCUT2D eigenvalue weighted by molar-refractivity contribution is 5.96. The van der Waals surface area contributed by atoms with Gasteiger partial charge in [0.15, 0.2) is 0 Å². The van der Waals surface area contributed by atoms with Gasteiger partial charge in [-0.15, -0.1) is 0 Å². The topological polar surface area (TPSA) is 79.2 Å². The third-order valence-electron chi connectivity index (χ3n) is 2.12. The number of carbonyl (C=O) groups is 2. The molecule has 0 aliphatic rings. The Balaban J connectivity index is 2.74. The van der Waals surface area contributed by atoms with E-state index in [2.05, 4.69) is 10.1 Å². The maximum absolute atomic E-state index is 11.7. The van der Waals surface area contributed by atoms with Crippen LogP contribution in [0.4, 0.5) is 0 Å². The van der Waals surface area contributed by atoms with E-state index in [1.165, 1.54) is 13.2 Å². The SMILES string of the molecule is COC(=O)/C=C(/C)NC(=O)c1ccc(C#N)cc1. The van der Waals surface area contributed by atoms with E-state index in [0.29, 0.717) is 16.8 Å². The number of carbonyl (C=O) groups excluding carboxylic acids is 2. The van der Waals surface area contributed by atoms with Crippen molar-refractivity contribution in [1.82, 2.24) is 5.32 Å². The molecule has 0 aromatic heterocycles. The number of ether oxygens (including phenoxy) is 1. The number of hydrogen-bond donors (Lipinski definition) is 1. The maximum Gasteiger partial charge on any atom is 0.332 e. The Morgan fingerprint density at radius 2 is 1.94 bits per heavy atom. The number of amides is 1. The first-order valence-corrected chi connectivity index (χ1v) is 5.14. The number of nitrogens with one attached hydrogen (secondary N) is 1. The van der Waals surface area contributed by atoms with Crippen LogP contribution < -0.4 is 5.32 Å². The van der Waals surface area contributed by atoms with Gasteiger partial charge in [0.2, 0.25) is 0 Å². The Labute approximate surface area is 105 Å². The second kappa shape index (κ2) is 6.21. The average molecular weight is 244 g/mol. The highest BCUT2D eigenvalue weighted by Crippen LogP contribution is 2.04. The molecule has 0 heterocycles. The van der Waals surface area contributed by atoms with Crippen molar-refractivity contribution in [2.45, 2.75) is 6.92 Å². The molecule has 0 spiro atoms. The number of methoxy groups -OCH3 is 1. The highest BCUT2D eigenvalue weighted by Gasteiger charge is 2.06. The molecule has 1 aromatic carbocycles. The van der Waals surface area contributed by atoms with Gasteiger partial charge in [-0.25, -0.2) is 4.79 Å². The first-order chi connectivity index (χ1) is 8.56. The van der Waals surface area contributed by atoms with Gasteiger partial charge in [-0.1, -0.05) is 0 Å². The number of allylic oxidation sites excluding steroid dienone is 1. The molecule has 0 atom stereocenters. The molecule has 5 nitrogen and oxygen atoms in total. The van der Waals surface area contributed by atoms with Gasteiger partial charge in [0, 0.05) is 17.3 Å². The van der Waals surface area contributed by atoms with Gasteiger partial charge in [0.05, 0.1) is 18.7 Å². The third kappa shape index (κ3) is 3.76. The van der Waals surface area contributed by atoms with Crippen LogP contribution in [0.1, 0.15) is 22.8 Å². The fourth-order valence-corrected chi connectivity index (χ4v) is 1.22. The minimum atomic E-state index is -0.535. The Morgan fingerprint density at radius 1 is 1.33 bits per heavy atom. The van der Waals surface area contributed by atoms with Crippen molar-refractivity contribution in [2.24, 2.45) is 0 Å². The van der Waals surface area contributed by atoms with E-state index in [9.17, 15) is 9.59 Å².